The third-order valence-electron chi connectivity index (χ3n) is 4.92. The standard InChI is InChI=1S/C23H29Cl2N3O5S/c1-15(2)26-23(30)16(3)27(13-17-6-8-21(33-4)9-7-17)22(29)14-28(34(5,31)32)20-11-18(24)10-19(25)12-20/h6-12,15-16H,13-14H2,1-5H3,(H,26,30)/t16-/m1/s1. The van der Waals surface area contributed by atoms with Crippen molar-refractivity contribution in [2.24, 2.45) is 0 Å². The van der Waals surface area contributed by atoms with Crippen molar-refractivity contribution in [3.05, 3.63) is 58.1 Å². The van der Waals surface area contributed by atoms with Gasteiger partial charge in [-0.25, -0.2) is 8.42 Å². The van der Waals surface area contributed by atoms with Crippen molar-refractivity contribution in [2.45, 2.75) is 39.4 Å². The molecule has 2 aromatic carbocycles. The number of hydrogen-bond donors (Lipinski definition) is 1. The number of sulfonamides is 1. The van der Waals surface area contributed by atoms with Gasteiger partial charge in [0.05, 0.1) is 19.1 Å². The van der Waals surface area contributed by atoms with E-state index in [9.17, 15) is 18.0 Å². The number of hydrogen-bond acceptors (Lipinski definition) is 5. The lowest BCUT2D eigenvalue weighted by atomic mass is 10.1. The predicted molar refractivity (Wildman–Crippen MR) is 135 cm³/mol. The molecule has 0 aliphatic rings. The van der Waals surface area contributed by atoms with Crippen LogP contribution in [-0.4, -0.2) is 57.1 Å². The van der Waals surface area contributed by atoms with Crippen LogP contribution in [0.25, 0.3) is 0 Å². The molecule has 0 aromatic heterocycles. The second-order valence-electron chi connectivity index (χ2n) is 8.11. The summed E-state index contributed by atoms with van der Waals surface area (Å²) in [4.78, 5) is 27.5. The number of ether oxygens (including phenoxy) is 1. The fourth-order valence-corrected chi connectivity index (χ4v) is 4.56. The molecule has 34 heavy (non-hydrogen) atoms. The molecule has 0 bridgehead atoms. The minimum absolute atomic E-state index is 0.0867. The third kappa shape index (κ3) is 7.78. The van der Waals surface area contributed by atoms with Crippen LogP contribution in [-0.2, 0) is 26.2 Å². The highest BCUT2D eigenvalue weighted by Crippen LogP contribution is 2.27. The van der Waals surface area contributed by atoms with Gasteiger partial charge in [0.25, 0.3) is 0 Å². The average Bonchev–Trinajstić information content (AvgIpc) is 2.73. The van der Waals surface area contributed by atoms with Crippen molar-refractivity contribution in [3.63, 3.8) is 0 Å². The van der Waals surface area contributed by atoms with E-state index in [1.807, 2.05) is 13.8 Å². The number of methoxy groups -OCH3 is 1. The molecule has 0 aliphatic carbocycles. The lowest BCUT2D eigenvalue weighted by molar-refractivity contribution is -0.139. The number of carbonyl (C=O) groups is 2. The first-order valence-electron chi connectivity index (χ1n) is 10.5. The predicted octanol–water partition coefficient (Wildman–Crippen LogP) is 3.71. The summed E-state index contributed by atoms with van der Waals surface area (Å²) in [6.07, 6.45) is 0.984. The molecule has 0 heterocycles. The van der Waals surface area contributed by atoms with Gasteiger partial charge >= 0.3 is 0 Å². The van der Waals surface area contributed by atoms with E-state index < -0.39 is 28.5 Å². The first-order valence-corrected chi connectivity index (χ1v) is 13.1. The summed E-state index contributed by atoms with van der Waals surface area (Å²) in [5, 5.41) is 3.24. The molecule has 0 aliphatic heterocycles. The van der Waals surface area contributed by atoms with Gasteiger partial charge in [-0.1, -0.05) is 35.3 Å². The van der Waals surface area contributed by atoms with E-state index in [1.54, 1.807) is 38.3 Å². The molecule has 11 heteroatoms. The van der Waals surface area contributed by atoms with Crippen LogP contribution in [0, 0.1) is 0 Å². The van der Waals surface area contributed by atoms with Crippen molar-refractivity contribution < 1.29 is 22.7 Å². The summed E-state index contributed by atoms with van der Waals surface area (Å²) >= 11 is 12.1. The number of carbonyl (C=O) groups excluding carboxylic acids is 2. The van der Waals surface area contributed by atoms with E-state index in [-0.39, 0.29) is 34.2 Å². The minimum Gasteiger partial charge on any atom is -0.497 e. The summed E-state index contributed by atoms with van der Waals surface area (Å²) < 4.78 is 31.2. The molecule has 186 valence electrons. The first-order chi connectivity index (χ1) is 15.8. The second kappa shape index (κ2) is 11.8. The average molecular weight is 530 g/mol. The fourth-order valence-electron chi connectivity index (χ4n) is 3.21. The van der Waals surface area contributed by atoms with Crippen LogP contribution in [0.2, 0.25) is 10.0 Å². The van der Waals surface area contributed by atoms with E-state index in [4.69, 9.17) is 27.9 Å². The Morgan fingerprint density at radius 1 is 1.03 bits per heavy atom. The minimum atomic E-state index is -3.88. The van der Waals surface area contributed by atoms with Gasteiger partial charge in [0, 0.05) is 22.6 Å². The maximum Gasteiger partial charge on any atom is 0.244 e. The number of nitrogens with one attached hydrogen (secondary N) is 1. The van der Waals surface area contributed by atoms with Crippen molar-refractivity contribution in [1.82, 2.24) is 10.2 Å². The summed E-state index contributed by atoms with van der Waals surface area (Å²) in [5.74, 6) is -0.273. The zero-order valence-corrected chi connectivity index (χ0v) is 22.0. The summed E-state index contributed by atoms with van der Waals surface area (Å²) in [5.41, 5.74) is 0.895. The Balaban J connectivity index is 2.41. The van der Waals surface area contributed by atoms with Crippen molar-refractivity contribution in [3.8, 4) is 5.75 Å². The highest BCUT2D eigenvalue weighted by molar-refractivity contribution is 7.92. The van der Waals surface area contributed by atoms with Crippen molar-refractivity contribution >= 4 is 50.7 Å². The number of amides is 2. The van der Waals surface area contributed by atoms with Gasteiger partial charge in [-0.2, -0.15) is 0 Å². The molecule has 0 spiro atoms. The molecule has 1 N–H and O–H groups in total. The van der Waals surface area contributed by atoms with E-state index in [1.165, 1.54) is 23.1 Å². The fraction of sp³-hybridized carbons (Fsp3) is 0.391. The molecule has 0 saturated heterocycles. The molecule has 2 amide bonds. The molecule has 0 saturated carbocycles. The molecule has 1 atom stereocenters. The van der Waals surface area contributed by atoms with Crippen molar-refractivity contribution in [2.75, 3.05) is 24.2 Å². The largest absolute Gasteiger partial charge is 0.497 e. The smallest absolute Gasteiger partial charge is 0.244 e. The van der Waals surface area contributed by atoms with Gasteiger partial charge in [0.2, 0.25) is 21.8 Å². The third-order valence-corrected chi connectivity index (χ3v) is 6.50. The Hall–Kier alpha value is -2.49. The maximum atomic E-state index is 13.5. The lowest BCUT2D eigenvalue weighted by Crippen LogP contribution is -2.52. The molecule has 2 rings (SSSR count). The van der Waals surface area contributed by atoms with Crippen LogP contribution >= 0.6 is 23.2 Å². The zero-order chi connectivity index (χ0) is 25.6. The number of rotatable bonds is 10. The molecular weight excluding hydrogens is 501 g/mol. The van der Waals surface area contributed by atoms with Crippen LogP contribution in [0.4, 0.5) is 5.69 Å². The normalized spacial score (nSPS) is 12.2. The van der Waals surface area contributed by atoms with E-state index in [0.29, 0.717) is 5.75 Å². The van der Waals surface area contributed by atoms with Crippen LogP contribution < -0.4 is 14.4 Å². The number of benzene rings is 2. The maximum absolute atomic E-state index is 13.5. The number of nitrogens with zero attached hydrogens (tertiary/aromatic N) is 2. The van der Waals surface area contributed by atoms with Crippen LogP contribution in [0.15, 0.2) is 42.5 Å². The van der Waals surface area contributed by atoms with Crippen LogP contribution in [0.1, 0.15) is 26.3 Å². The van der Waals surface area contributed by atoms with Gasteiger partial charge < -0.3 is 15.0 Å². The second-order valence-corrected chi connectivity index (χ2v) is 10.9. The van der Waals surface area contributed by atoms with E-state index in [2.05, 4.69) is 5.32 Å². The van der Waals surface area contributed by atoms with Gasteiger partial charge in [-0.3, -0.25) is 13.9 Å². The van der Waals surface area contributed by atoms with Crippen LogP contribution in [0.5, 0.6) is 5.75 Å². The first kappa shape index (κ1) is 27.8. The van der Waals surface area contributed by atoms with Crippen molar-refractivity contribution in [1.29, 1.82) is 0 Å². The zero-order valence-electron chi connectivity index (χ0n) is 19.7. The number of halogens is 2. The summed E-state index contributed by atoms with van der Waals surface area (Å²) in [6, 6.07) is 10.3. The van der Waals surface area contributed by atoms with Crippen LogP contribution in [0.3, 0.4) is 0 Å². The monoisotopic (exact) mass is 529 g/mol. The quantitative estimate of drug-likeness (QED) is 0.506. The highest BCUT2D eigenvalue weighted by atomic mass is 35.5. The molecule has 0 unspecified atom stereocenters. The molecule has 0 fully saturated rings. The molecule has 0 radical (unpaired) electrons. The molecule has 8 nitrogen and oxygen atoms in total. The Labute approximate surface area is 210 Å². The lowest BCUT2D eigenvalue weighted by Gasteiger charge is -2.32. The summed E-state index contributed by atoms with van der Waals surface area (Å²) in [7, 11) is -2.33. The van der Waals surface area contributed by atoms with Gasteiger partial charge in [-0.15, -0.1) is 0 Å². The van der Waals surface area contributed by atoms with Gasteiger partial charge in [0.1, 0.15) is 18.3 Å². The summed E-state index contributed by atoms with van der Waals surface area (Å²) in [6.45, 7) is 4.78. The van der Waals surface area contributed by atoms with E-state index in [0.717, 1.165) is 16.1 Å². The Morgan fingerprint density at radius 3 is 2.06 bits per heavy atom. The van der Waals surface area contributed by atoms with Gasteiger partial charge in [-0.05, 0) is 56.7 Å². The topological polar surface area (TPSA) is 96.0 Å². The van der Waals surface area contributed by atoms with E-state index >= 15 is 0 Å². The Bertz CT molecular complexity index is 1100. The Morgan fingerprint density at radius 2 is 1.59 bits per heavy atom. The highest BCUT2D eigenvalue weighted by Gasteiger charge is 2.30. The number of anilines is 1. The van der Waals surface area contributed by atoms with Gasteiger partial charge in [0.15, 0.2) is 0 Å². The SMILES string of the molecule is COc1ccc(CN(C(=O)CN(c2cc(Cl)cc(Cl)c2)S(C)(=O)=O)[C@H](C)C(=O)NC(C)C)cc1. The molecular formula is C23H29Cl2N3O5S. The molecule has 2 aromatic rings. The Kier molecular flexibility index (Phi) is 9.61.